The van der Waals surface area contributed by atoms with Gasteiger partial charge in [0, 0.05) is 11.9 Å². The van der Waals surface area contributed by atoms with Crippen LogP contribution in [0, 0.1) is 0 Å². The SMILES string of the molecule is COc1ccc([C@@H]2c3cccn3-c3ccccc3CN2C(=O)Nc2ccccc2OC)cc1. The van der Waals surface area contributed by atoms with Crippen molar-refractivity contribution in [2.75, 3.05) is 19.5 Å². The number of nitrogens with zero attached hydrogens (tertiary/aromatic N) is 2. The first-order valence-electron chi connectivity index (χ1n) is 10.8. The number of carbonyl (C=O) groups is 1. The van der Waals surface area contributed by atoms with Crippen molar-refractivity contribution in [1.82, 2.24) is 9.47 Å². The average molecular weight is 440 g/mol. The fourth-order valence-corrected chi connectivity index (χ4v) is 4.41. The van der Waals surface area contributed by atoms with Crippen molar-refractivity contribution < 1.29 is 14.3 Å². The number of hydrogen-bond donors (Lipinski definition) is 1. The molecule has 1 N–H and O–H groups in total. The van der Waals surface area contributed by atoms with Gasteiger partial charge in [-0.05, 0) is 53.6 Å². The van der Waals surface area contributed by atoms with Gasteiger partial charge in [0.2, 0.25) is 0 Å². The summed E-state index contributed by atoms with van der Waals surface area (Å²) in [6.45, 7) is 0.454. The molecule has 0 radical (unpaired) electrons. The summed E-state index contributed by atoms with van der Waals surface area (Å²) < 4.78 is 13.0. The third kappa shape index (κ3) is 3.80. The average Bonchev–Trinajstić information content (AvgIpc) is 3.28. The van der Waals surface area contributed by atoms with E-state index in [0.29, 0.717) is 18.0 Å². The zero-order valence-corrected chi connectivity index (χ0v) is 18.6. The zero-order chi connectivity index (χ0) is 22.8. The predicted molar refractivity (Wildman–Crippen MR) is 128 cm³/mol. The van der Waals surface area contributed by atoms with E-state index in [1.807, 2.05) is 77.8 Å². The van der Waals surface area contributed by atoms with Crippen LogP contribution in [0.2, 0.25) is 0 Å². The smallest absolute Gasteiger partial charge is 0.323 e. The highest BCUT2D eigenvalue weighted by atomic mass is 16.5. The Labute approximate surface area is 193 Å². The summed E-state index contributed by atoms with van der Waals surface area (Å²) in [6, 6.07) is 27.1. The van der Waals surface area contributed by atoms with Gasteiger partial charge in [0.15, 0.2) is 0 Å². The number of ether oxygens (including phenoxy) is 2. The Morgan fingerprint density at radius 2 is 1.64 bits per heavy atom. The van der Waals surface area contributed by atoms with Crippen LogP contribution in [0.3, 0.4) is 0 Å². The summed E-state index contributed by atoms with van der Waals surface area (Å²) in [7, 11) is 3.25. The Kier molecular flexibility index (Phi) is 5.48. The summed E-state index contributed by atoms with van der Waals surface area (Å²) in [4.78, 5) is 15.6. The number of benzene rings is 3. The molecule has 3 aromatic carbocycles. The van der Waals surface area contributed by atoms with E-state index in [1.165, 1.54) is 0 Å². The standard InChI is InChI=1S/C27H25N3O3/c1-32-21-15-13-19(14-16-21)26-24-11-7-17-29(24)23-10-5-3-8-20(23)18-30(26)27(31)28-22-9-4-6-12-25(22)33-2/h3-17,26H,18H2,1-2H3,(H,28,31)/t26-/m1/s1. The number of anilines is 1. The third-order valence-corrected chi connectivity index (χ3v) is 6.00. The number of urea groups is 1. The molecule has 0 saturated heterocycles. The molecule has 5 rings (SSSR count). The molecule has 0 aliphatic carbocycles. The Bertz CT molecular complexity index is 1280. The molecule has 0 spiro atoms. The van der Waals surface area contributed by atoms with Crippen LogP contribution in [0.25, 0.3) is 5.69 Å². The van der Waals surface area contributed by atoms with Crippen LogP contribution in [0.15, 0.2) is 91.1 Å². The van der Waals surface area contributed by atoms with Crippen LogP contribution in [-0.2, 0) is 6.54 Å². The van der Waals surface area contributed by atoms with E-state index in [0.717, 1.165) is 28.3 Å². The molecule has 1 aliphatic heterocycles. The van der Waals surface area contributed by atoms with Gasteiger partial charge < -0.3 is 24.3 Å². The summed E-state index contributed by atoms with van der Waals surface area (Å²) >= 11 is 0. The van der Waals surface area contributed by atoms with Crippen LogP contribution in [-0.4, -0.2) is 29.7 Å². The lowest BCUT2D eigenvalue weighted by Gasteiger charge is -2.31. The lowest BCUT2D eigenvalue weighted by Crippen LogP contribution is -2.38. The van der Waals surface area contributed by atoms with Gasteiger partial charge in [0.25, 0.3) is 0 Å². The second kappa shape index (κ2) is 8.74. The molecule has 2 heterocycles. The summed E-state index contributed by atoms with van der Waals surface area (Å²) in [5.41, 5.74) is 4.79. The molecule has 0 fully saturated rings. The van der Waals surface area contributed by atoms with Crippen molar-refractivity contribution in [2.24, 2.45) is 0 Å². The minimum absolute atomic E-state index is 0.204. The van der Waals surface area contributed by atoms with Gasteiger partial charge in [-0.2, -0.15) is 0 Å². The second-order valence-electron chi connectivity index (χ2n) is 7.87. The van der Waals surface area contributed by atoms with E-state index >= 15 is 0 Å². The summed E-state index contributed by atoms with van der Waals surface area (Å²) in [5.74, 6) is 1.39. The summed E-state index contributed by atoms with van der Waals surface area (Å²) in [5, 5.41) is 3.06. The summed E-state index contributed by atoms with van der Waals surface area (Å²) in [6.07, 6.45) is 2.05. The van der Waals surface area contributed by atoms with Crippen molar-refractivity contribution in [1.29, 1.82) is 0 Å². The highest BCUT2D eigenvalue weighted by Crippen LogP contribution is 2.37. The first-order chi connectivity index (χ1) is 16.2. The fourth-order valence-electron chi connectivity index (χ4n) is 4.41. The number of para-hydroxylation sites is 3. The van der Waals surface area contributed by atoms with Gasteiger partial charge >= 0.3 is 6.03 Å². The van der Waals surface area contributed by atoms with Crippen molar-refractivity contribution in [3.05, 3.63) is 108 Å². The topological polar surface area (TPSA) is 55.7 Å². The highest BCUT2D eigenvalue weighted by Gasteiger charge is 2.33. The second-order valence-corrected chi connectivity index (χ2v) is 7.87. The molecule has 6 heteroatoms. The maximum absolute atomic E-state index is 13.8. The van der Waals surface area contributed by atoms with Crippen LogP contribution in [0.5, 0.6) is 11.5 Å². The van der Waals surface area contributed by atoms with Crippen LogP contribution >= 0.6 is 0 Å². The fraction of sp³-hybridized carbons (Fsp3) is 0.148. The normalized spacial score (nSPS) is 14.6. The lowest BCUT2D eigenvalue weighted by molar-refractivity contribution is 0.194. The monoisotopic (exact) mass is 439 g/mol. The highest BCUT2D eigenvalue weighted by molar-refractivity contribution is 5.91. The number of methoxy groups -OCH3 is 2. The molecule has 0 bridgehead atoms. The number of rotatable bonds is 4. The van der Waals surface area contributed by atoms with E-state index in [2.05, 4.69) is 28.1 Å². The van der Waals surface area contributed by atoms with Crippen molar-refractivity contribution >= 4 is 11.7 Å². The van der Waals surface area contributed by atoms with Crippen LogP contribution in [0.4, 0.5) is 10.5 Å². The molecule has 2 amide bonds. The van der Waals surface area contributed by atoms with Crippen molar-refractivity contribution in [2.45, 2.75) is 12.6 Å². The molecular weight excluding hydrogens is 414 g/mol. The Balaban J connectivity index is 1.62. The first-order valence-corrected chi connectivity index (χ1v) is 10.8. The zero-order valence-electron chi connectivity index (χ0n) is 18.6. The minimum atomic E-state index is -0.298. The number of amides is 2. The number of nitrogens with one attached hydrogen (secondary N) is 1. The Morgan fingerprint density at radius 1 is 0.879 bits per heavy atom. The maximum atomic E-state index is 13.8. The quantitative estimate of drug-likeness (QED) is 0.448. The van der Waals surface area contributed by atoms with Gasteiger partial charge in [0.05, 0.1) is 38.2 Å². The molecule has 1 aromatic heterocycles. The van der Waals surface area contributed by atoms with Crippen LogP contribution < -0.4 is 14.8 Å². The van der Waals surface area contributed by atoms with Gasteiger partial charge in [-0.3, -0.25) is 0 Å². The molecule has 6 nitrogen and oxygen atoms in total. The number of fused-ring (bicyclic) bond motifs is 3. The molecule has 1 aliphatic rings. The Morgan fingerprint density at radius 3 is 2.42 bits per heavy atom. The molecule has 33 heavy (non-hydrogen) atoms. The van der Waals surface area contributed by atoms with E-state index in [4.69, 9.17) is 9.47 Å². The number of aromatic nitrogens is 1. The molecule has 166 valence electrons. The number of hydrogen-bond acceptors (Lipinski definition) is 3. The van der Waals surface area contributed by atoms with Gasteiger partial charge in [-0.15, -0.1) is 0 Å². The molecular formula is C27H25N3O3. The molecule has 4 aromatic rings. The van der Waals surface area contributed by atoms with Crippen molar-refractivity contribution in [3.8, 4) is 17.2 Å². The minimum Gasteiger partial charge on any atom is -0.497 e. The first kappa shape index (κ1) is 20.7. The predicted octanol–water partition coefficient (Wildman–Crippen LogP) is 5.63. The largest absolute Gasteiger partial charge is 0.497 e. The maximum Gasteiger partial charge on any atom is 0.323 e. The lowest BCUT2D eigenvalue weighted by atomic mass is 10.0. The molecule has 0 saturated carbocycles. The number of carbonyl (C=O) groups excluding carboxylic acids is 1. The van der Waals surface area contributed by atoms with Gasteiger partial charge in [-0.1, -0.05) is 42.5 Å². The van der Waals surface area contributed by atoms with E-state index in [1.54, 1.807) is 14.2 Å². The Hall–Kier alpha value is -4.19. The van der Waals surface area contributed by atoms with E-state index in [9.17, 15) is 4.79 Å². The van der Waals surface area contributed by atoms with E-state index < -0.39 is 0 Å². The molecule has 1 atom stereocenters. The van der Waals surface area contributed by atoms with Gasteiger partial charge in [-0.25, -0.2) is 4.79 Å². The van der Waals surface area contributed by atoms with Gasteiger partial charge in [0.1, 0.15) is 11.5 Å². The third-order valence-electron chi connectivity index (χ3n) is 6.00. The molecule has 0 unspecified atom stereocenters. The van der Waals surface area contributed by atoms with Crippen LogP contribution in [0.1, 0.15) is 22.9 Å². The van der Waals surface area contributed by atoms with Crippen molar-refractivity contribution in [3.63, 3.8) is 0 Å². The van der Waals surface area contributed by atoms with E-state index in [-0.39, 0.29) is 12.1 Å².